The monoisotopic (exact) mass is 493 g/mol. The molecule has 0 unspecified atom stereocenters. The van der Waals surface area contributed by atoms with Crippen LogP contribution in [0, 0.1) is 20.2 Å². The van der Waals surface area contributed by atoms with Crippen LogP contribution in [0.5, 0.6) is 0 Å². The highest BCUT2D eigenvalue weighted by atomic mass is 16.6. The second-order valence-electron chi connectivity index (χ2n) is 9.63. The smallest absolute Gasteiger partial charge is 0.322 e. The van der Waals surface area contributed by atoms with E-state index in [0.717, 1.165) is 101 Å². The molecule has 6 rings (SSSR count). The number of aromatic nitrogens is 4. The lowest BCUT2D eigenvalue weighted by molar-refractivity contribution is -0.393. The molecule has 3 aromatic rings. The molecule has 188 valence electrons. The molecule has 0 amide bonds. The van der Waals surface area contributed by atoms with Gasteiger partial charge in [-0.25, -0.2) is 0 Å². The van der Waals surface area contributed by atoms with Gasteiger partial charge in [0.15, 0.2) is 5.69 Å². The number of fused-ring (bicyclic) bond motifs is 1. The average molecular weight is 494 g/mol. The van der Waals surface area contributed by atoms with Gasteiger partial charge < -0.3 is 14.7 Å². The maximum absolute atomic E-state index is 12.3. The zero-order valence-electron chi connectivity index (χ0n) is 19.9. The fourth-order valence-corrected chi connectivity index (χ4v) is 5.79. The number of rotatable bonds is 6. The van der Waals surface area contributed by atoms with E-state index in [1.165, 1.54) is 4.52 Å². The minimum Gasteiger partial charge on any atom is -0.371 e. The molecule has 0 N–H and O–H groups in total. The molecule has 0 atom stereocenters. The SMILES string of the molecule is O=[N+]([O-])c1cc([N+](=O)[O-])c2nnnn2c1-c1c(N2CCCC2)cc(N2CCCC2)cc1N1CCCC1. The molecule has 0 spiro atoms. The molecule has 3 fully saturated rings. The minimum absolute atomic E-state index is 0.107. The first-order valence-electron chi connectivity index (χ1n) is 12.5. The van der Waals surface area contributed by atoms with Crippen LogP contribution in [-0.2, 0) is 0 Å². The van der Waals surface area contributed by atoms with Gasteiger partial charge in [0.1, 0.15) is 6.07 Å². The largest absolute Gasteiger partial charge is 0.371 e. The van der Waals surface area contributed by atoms with Crippen molar-refractivity contribution in [1.29, 1.82) is 0 Å². The minimum atomic E-state index is -0.679. The van der Waals surface area contributed by atoms with E-state index in [0.29, 0.717) is 5.56 Å². The molecule has 0 radical (unpaired) electrons. The molecule has 13 heteroatoms. The number of nitrogens with zero attached hydrogens (tertiary/aromatic N) is 9. The Kier molecular flexibility index (Phi) is 5.53. The van der Waals surface area contributed by atoms with Crippen LogP contribution in [0.2, 0.25) is 0 Å². The Hall–Kier alpha value is -4.03. The topological polar surface area (TPSA) is 139 Å². The second-order valence-corrected chi connectivity index (χ2v) is 9.63. The molecule has 13 nitrogen and oxygen atoms in total. The molecule has 5 heterocycles. The van der Waals surface area contributed by atoms with Crippen LogP contribution in [-0.4, -0.2) is 69.2 Å². The number of nitro groups is 2. The predicted octanol–water partition coefficient (Wildman–Crippen LogP) is 3.41. The van der Waals surface area contributed by atoms with Crippen LogP contribution in [0.15, 0.2) is 18.2 Å². The van der Waals surface area contributed by atoms with Crippen LogP contribution < -0.4 is 14.7 Å². The van der Waals surface area contributed by atoms with E-state index in [1.54, 1.807) is 0 Å². The van der Waals surface area contributed by atoms with Gasteiger partial charge in [-0.1, -0.05) is 0 Å². The molecule has 3 aliphatic rings. The predicted molar refractivity (Wildman–Crippen MR) is 134 cm³/mol. The molecule has 0 aliphatic carbocycles. The van der Waals surface area contributed by atoms with E-state index in [4.69, 9.17) is 0 Å². The Morgan fingerprint density at radius 3 is 1.69 bits per heavy atom. The molecule has 0 saturated carbocycles. The van der Waals surface area contributed by atoms with Crippen molar-refractivity contribution in [2.24, 2.45) is 0 Å². The molecule has 36 heavy (non-hydrogen) atoms. The number of hydrogen-bond donors (Lipinski definition) is 0. The van der Waals surface area contributed by atoms with Crippen molar-refractivity contribution in [2.45, 2.75) is 38.5 Å². The van der Waals surface area contributed by atoms with E-state index in [-0.39, 0.29) is 17.0 Å². The van der Waals surface area contributed by atoms with E-state index in [1.807, 2.05) is 0 Å². The summed E-state index contributed by atoms with van der Waals surface area (Å²) in [4.78, 5) is 29.7. The van der Waals surface area contributed by atoms with Crippen molar-refractivity contribution in [3.8, 4) is 11.3 Å². The van der Waals surface area contributed by atoms with Gasteiger partial charge in [-0.3, -0.25) is 20.2 Å². The first kappa shape index (κ1) is 22.4. The Balaban J connectivity index is 1.69. The summed E-state index contributed by atoms with van der Waals surface area (Å²) in [6.45, 7) is 5.33. The zero-order chi connectivity index (χ0) is 24.8. The van der Waals surface area contributed by atoms with Crippen molar-refractivity contribution in [2.75, 3.05) is 54.0 Å². The number of tetrazole rings is 1. The van der Waals surface area contributed by atoms with Crippen LogP contribution in [0.4, 0.5) is 28.4 Å². The summed E-state index contributed by atoms with van der Waals surface area (Å²) in [5.41, 5.74) is 2.77. The summed E-state index contributed by atoms with van der Waals surface area (Å²) in [6, 6.07) is 5.26. The molecular weight excluding hydrogens is 466 g/mol. The van der Waals surface area contributed by atoms with Crippen molar-refractivity contribution in [3.63, 3.8) is 0 Å². The fraction of sp³-hybridized carbons (Fsp3) is 0.522. The lowest BCUT2D eigenvalue weighted by Gasteiger charge is -2.31. The summed E-state index contributed by atoms with van der Waals surface area (Å²) in [6.07, 6.45) is 6.42. The highest BCUT2D eigenvalue weighted by Crippen LogP contribution is 2.48. The van der Waals surface area contributed by atoms with Crippen molar-refractivity contribution in [3.05, 3.63) is 38.4 Å². The summed E-state index contributed by atoms with van der Waals surface area (Å²) >= 11 is 0. The number of hydrogen-bond acceptors (Lipinski definition) is 10. The Morgan fingerprint density at radius 2 is 1.19 bits per heavy atom. The molecule has 3 saturated heterocycles. The molecule has 1 aromatic carbocycles. The normalized spacial score (nSPS) is 18.1. The molecule has 2 aromatic heterocycles. The van der Waals surface area contributed by atoms with E-state index >= 15 is 0 Å². The van der Waals surface area contributed by atoms with Gasteiger partial charge >= 0.3 is 11.4 Å². The lowest BCUT2D eigenvalue weighted by atomic mass is 10.0. The zero-order valence-corrected chi connectivity index (χ0v) is 19.9. The third-order valence-corrected chi connectivity index (χ3v) is 7.50. The summed E-state index contributed by atoms with van der Waals surface area (Å²) in [7, 11) is 0. The Bertz CT molecular complexity index is 1300. The van der Waals surface area contributed by atoms with Crippen LogP contribution in [0.1, 0.15) is 38.5 Å². The first-order valence-corrected chi connectivity index (χ1v) is 12.5. The maximum atomic E-state index is 12.3. The van der Waals surface area contributed by atoms with Gasteiger partial charge in [0.2, 0.25) is 0 Å². The van der Waals surface area contributed by atoms with Gasteiger partial charge in [0.25, 0.3) is 5.65 Å². The number of anilines is 3. The van der Waals surface area contributed by atoms with Gasteiger partial charge in [0.05, 0.1) is 26.8 Å². The van der Waals surface area contributed by atoms with Crippen molar-refractivity contribution in [1.82, 2.24) is 20.0 Å². The summed E-state index contributed by atoms with van der Waals surface area (Å²) < 4.78 is 1.18. The third kappa shape index (κ3) is 3.65. The van der Waals surface area contributed by atoms with Gasteiger partial charge in [-0.05, 0) is 61.1 Å². The summed E-state index contributed by atoms with van der Waals surface area (Å²) in [5.74, 6) is 0. The summed E-state index contributed by atoms with van der Waals surface area (Å²) in [5, 5.41) is 35.6. The van der Waals surface area contributed by atoms with Crippen molar-refractivity contribution < 1.29 is 9.85 Å². The first-order chi connectivity index (χ1) is 17.5. The maximum Gasteiger partial charge on any atom is 0.322 e. The second kappa shape index (κ2) is 8.88. The van der Waals surface area contributed by atoms with Crippen molar-refractivity contribution >= 4 is 34.1 Å². The molecule has 3 aliphatic heterocycles. The quantitative estimate of drug-likeness (QED) is 0.371. The van der Waals surface area contributed by atoms with E-state index < -0.39 is 15.5 Å². The van der Waals surface area contributed by atoms with Gasteiger partial charge in [-0.2, -0.15) is 4.52 Å². The lowest BCUT2D eigenvalue weighted by Crippen LogP contribution is -2.25. The number of benzene rings is 1. The van der Waals surface area contributed by atoms with Crippen LogP contribution in [0.3, 0.4) is 0 Å². The highest BCUT2D eigenvalue weighted by molar-refractivity contribution is 5.96. The van der Waals surface area contributed by atoms with Gasteiger partial charge in [0, 0.05) is 45.0 Å². The van der Waals surface area contributed by atoms with E-state index in [2.05, 4.69) is 42.4 Å². The van der Waals surface area contributed by atoms with E-state index in [9.17, 15) is 20.2 Å². The third-order valence-electron chi connectivity index (χ3n) is 7.50. The molecular formula is C23H27N9O4. The Labute approximate surface area is 206 Å². The number of pyridine rings is 1. The fourth-order valence-electron chi connectivity index (χ4n) is 5.79. The highest BCUT2D eigenvalue weighted by Gasteiger charge is 2.35. The standard InChI is InChI=1S/C23H27N9O4/c33-31(34)19-15-20(32(35)36)23-24-25-26-30(23)22(19)21-17(28-9-3-4-10-28)13-16(27-7-1-2-8-27)14-18(21)29-11-5-6-12-29/h13-15H,1-12H2. The van der Waals surface area contributed by atoms with Crippen LogP contribution >= 0.6 is 0 Å². The Morgan fingerprint density at radius 1 is 0.694 bits per heavy atom. The average Bonchev–Trinajstić information content (AvgIpc) is 3.70. The van der Waals surface area contributed by atoms with Crippen LogP contribution in [0.25, 0.3) is 16.9 Å². The molecule has 0 bridgehead atoms. The van der Waals surface area contributed by atoms with Gasteiger partial charge in [-0.15, -0.1) is 5.10 Å².